The number of nitro groups is 1. The zero-order chi connectivity index (χ0) is 16.7. The second kappa shape index (κ2) is 8.41. The number of nitrogens with zero attached hydrogens (tertiary/aromatic N) is 2. The molecule has 0 aliphatic heterocycles. The first-order chi connectivity index (χ1) is 11.1. The van der Waals surface area contributed by atoms with E-state index in [-0.39, 0.29) is 23.3 Å². The fraction of sp³-hybridized carbons (Fsp3) is 0.333. The maximum atomic E-state index is 10.6. The van der Waals surface area contributed by atoms with Crippen LogP contribution in [0.15, 0.2) is 54.6 Å². The highest BCUT2D eigenvalue weighted by Crippen LogP contribution is 2.19. The summed E-state index contributed by atoms with van der Waals surface area (Å²) in [6, 6.07) is 16.6. The van der Waals surface area contributed by atoms with Crippen LogP contribution >= 0.6 is 0 Å². The average Bonchev–Trinajstić information content (AvgIpc) is 2.57. The highest BCUT2D eigenvalue weighted by atomic mass is 16.6. The molecule has 0 saturated carbocycles. The Morgan fingerprint density at radius 1 is 1.13 bits per heavy atom. The molecule has 0 heterocycles. The van der Waals surface area contributed by atoms with Crippen LogP contribution in [0.4, 0.5) is 5.69 Å². The molecule has 5 nitrogen and oxygen atoms in total. The zero-order valence-electron chi connectivity index (χ0n) is 13.3. The van der Waals surface area contributed by atoms with E-state index in [4.69, 9.17) is 0 Å². The van der Waals surface area contributed by atoms with Crippen LogP contribution in [0, 0.1) is 10.1 Å². The first-order valence-corrected chi connectivity index (χ1v) is 7.71. The number of rotatable bonds is 8. The molecule has 1 atom stereocenters. The van der Waals surface area contributed by atoms with Gasteiger partial charge in [0.25, 0.3) is 5.69 Å². The second-order valence-electron chi connectivity index (χ2n) is 5.62. The fourth-order valence-corrected chi connectivity index (χ4v) is 2.65. The van der Waals surface area contributed by atoms with E-state index in [2.05, 4.69) is 4.90 Å². The van der Waals surface area contributed by atoms with Crippen LogP contribution in [-0.2, 0) is 6.42 Å². The molecule has 2 aromatic carbocycles. The molecule has 0 radical (unpaired) electrons. The average molecular weight is 314 g/mol. The van der Waals surface area contributed by atoms with Crippen molar-refractivity contribution < 1.29 is 10.0 Å². The van der Waals surface area contributed by atoms with Crippen molar-refractivity contribution in [3.8, 4) is 0 Å². The summed E-state index contributed by atoms with van der Waals surface area (Å²) in [4.78, 5) is 12.4. The van der Waals surface area contributed by atoms with Crippen molar-refractivity contribution in [2.75, 3.05) is 20.2 Å². The number of hydrogen-bond acceptors (Lipinski definition) is 4. The SMILES string of the molecule is CN(CCCc1ccc([N+](=O)[O-])cc1)C(CO)c1ccccc1. The summed E-state index contributed by atoms with van der Waals surface area (Å²) in [7, 11) is 2.00. The molecule has 1 unspecified atom stereocenters. The maximum Gasteiger partial charge on any atom is 0.269 e. The molecule has 1 N–H and O–H groups in total. The van der Waals surface area contributed by atoms with Crippen LogP contribution < -0.4 is 0 Å². The van der Waals surface area contributed by atoms with E-state index in [1.165, 1.54) is 0 Å². The van der Waals surface area contributed by atoms with E-state index in [0.29, 0.717) is 0 Å². The lowest BCUT2D eigenvalue weighted by atomic mass is 10.1. The monoisotopic (exact) mass is 314 g/mol. The Balaban J connectivity index is 1.86. The molecular weight excluding hydrogens is 292 g/mol. The van der Waals surface area contributed by atoms with E-state index >= 15 is 0 Å². The molecule has 0 aliphatic rings. The van der Waals surface area contributed by atoms with Gasteiger partial charge in [0.1, 0.15) is 0 Å². The Kier molecular flexibility index (Phi) is 6.26. The molecule has 0 aliphatic carbocycles. The Hall–Kier alpha value is -2.24. The Morgan fingerprint density at radius 2 is 1.78 bits per heavy atom. The largest absolute Gasteiger partial charge is 0.394 e. The summed E-state index contributed by atoms with van der Waals surface area (Å²) in [6.45, 7) is 0.926. The van der Waals surface area contributed by atoms with E-state index in [9.17, 15) is 15.2 Å². The summed E-state index contributed by atoms with van der Waals surface area (Å²) >= 11 is 0. The summed E-state index contributed by atoms with van der Waals surface area (Å²) in [5, 5.41) is 20.3. The summed E-state index contributed by atoms with van der Waals surface area (Å²) < 4.78 is 0. The highest BCUT2D eigenvalue weighted by Gasteiger charge is 2.15. The standard InChI is InChI=1S/C18H22N2O3/c1-19(18(14-21)16-7-3-2-4-8-16)13-5-6-15-9-11-17(12-10-15)20(22)23/h2-4,7-12,18,21H,5-6,13-14H2,1H3. The van der Waals surface area contributed by atoms with Crippen LogP contribution in [0.2, 0.25) is 0 Å². The van der Waals surface area contributed by atoms with E-state index in [1.807, 2.05) is 37.4 Å². The van der Waals surface area contributed by atoms with Crippen LogP contribution in [0.25, 0.3) is 0 Å². The first kappa shape index (κ1) is 17.1. The lowest BCUT2D eigenvalue weighted by Crippen LogP contribution is -2.28. The van der Waals surface area contributed by atoms with Crippen molar-refractivity contribution >= 4 is 5.69 Å². The maximum absolute atomic E-state index is 10.6. The number of likely N-dealkylation sites (N-methyl/N-ethyl adjacent to an activating group) is 1. The Bertz CT molecular complexity index is 614. The molecule has 2 aromatic rings. The third-order valence-corrected chi connectivity index (χ3v) is 4.01. The van der Waals surface area contributed by atoms with Crippen LogP contribution in [0.1, 0.15) is 23.6 Å². The first-order valence-electron chi connectivity index (χ1n) is 7.71. The van der Waals surface area contributed by atoms with E-state index in [0.717, 1.165) is 30.5 Å². The molecule has 0 bridgehead atoms. The summed E-state index contributed by atoms with van der Waals surface area (Å²) in [5.74, 6) is 0. The van der Waals surface area contributed by atoms with Gasteiger partial charge in [0, 0.05) is 12.1 Å². The lowest BCUT2D eigenvalue weighted by molar-refractivity contribution is -0.384. The fourth-order valence-electron chi connectivity index (χ4n) is 2.65. The Labute approximate surface area is 136 Å². The van der Waals surface area contributed by atoms with Gasteiger partial charge in [0.15, 0.2) is 0 Å². The minimum atomic E-state index is -0.386. The quantitative estimate of drug-likeness (QED) is 0.600. The van der Waals surface area contributed by atoms with Gasteiger partial charge in [-0.1, -0.05) is 42.5 Å². The van der Waals surface area contributed by atoms with Gasteiger partial charge in [-0.15, -0.1) is 0 Å². The predicted molar refractivity (Wildman–Crippen MR) is 90.3 cm³/mol. The van der Waals surface area contributed by atoms with Gasteiger partial charge in [-0.05, 0) is 37.6 Å². The summed E-state index contributed by atoms with van der Waals surface area (Å²) in [5.41, 5.74) is 2.31. The minimum absolute atomic E-state index is 0.00643. The lowest BCUT2D eigenvalue weighted by Gasteiger charge is -2.26. The van der Waals surface area contributed by atoms with Gasteiger partial charge in [-0.25, -0.2) is 0 Å². The third kappa shape index (κ3) is 4.87. The third-order valence-electron chi connectivity index (χ3n) is 4.01. The molecule has 0 spiro atoms. The number of aliphatic hydroxyl groups is 1. The van der Waals surface area contributed by atoms with Gasteiger partial charge in [0.2, 0.25) is 0 Å². The van der Waals surface area contributed by atoms with Gasteiger partial charge in [0.05, 0.1) is 17.6 Å². The molecule has 5 heteroatoms. The van der Waals surface area contributed by atoms with Crippen molar-refractivity contribution in [1.29, 1.82) is 0 Å². The molecule has 0 amide bonds. The molecule has 122 valence electrons. The zero-order valence-corrected chi connectivity index (χ0v) is 13.3. The number of hydrogen-bond donors (Lipinski definition) is 1. The van der Waals surface area contributed by atoms with E-state index < -0.39 is 0 Å². The van der Waals surface area contributed by atoms with Gasteiger partial charge in [-0.3, -0.25) is 15.0 Å². The molecule has 23 heavy (non-hydrogen) atoms. The number of aryl methyl sites for hydroxylation is 1. The Morgan fingerprint density at radius 3 is 2.35 bits per heavy atom. The van der Waals surface area contributed by atoms with Crippen LogP contribution in [0.3, 0.4) is 0 Å². The molecular formula is C18H22N2O3. The normalized spacial score (nSPS) is 12.3. The topological polar surface area (TPSA) is 66.6 Å². The molecule has 0 aromatic heterocycles. The van der Waals surface area contributed by atoms with Crippen molar-refractivity contribution in [3.63, 3.8) is 0 Å². The van der Waals surface area contributed by atoms with Gasteiger partial charge < -0.3 is 5.11 Å². The van der Waals surface area contributed by atoms with Crippen molar-refractivity contribution in [2.45, 2.75) is 18.9 Å². The van der Waals surface area contributed by atoms with Crippen molar-refractivity contribution in [3.05, 3.63) is 75.8 Å². The van der Waals surface area contributed by atoms with Crippen molar-refractivity contribution in [1.82, 2.24) is 4.90 Å². The molecule has 0 saturated heterocycles. The number of nitro benzene ring substituents is 1. The van der Waals surface area contributed by atoms with Crippen LogP contribution in [-0.4, -0.2) is 35.1 Å². The second-order valence-corrected chi connectivity index (χ2v) is 5.62. The number of benzene rings is 2. The smallest absolute Gasteiger partial charge is 0.269 e. The number of aliphatic hydroxyl groups excluding tert-OH is 1. The number of non-ortho nitro benzene ring substituents is 1. The van der Waals surface area contributed by atoms with Crippen LogP contribution in [0.5, 0.6) is 0 Å². The predicted octanol–water partition coefficient (Wildman–Crippen LogP) is 3.19. The minimum Gasteiger partial charge on any atom is -0.394 e. The summed E-state index contributed by atoms with van der Waals surface area (Å²) in [6.07, 6.45) is 1.78. The van der Waals surface area contributed by atoms with Gasteiger partial charge >= 0.3 is 0 Å². The van der Waals surface area contributed by atoms with Crippen molar-refractivity contribution in [2.24, 2.45) is 0 Å². The molecule has 0 fully saturated rings. The van der Waals surface area contributed by atoms with E-state index in [1.54, 1.807) is 24.3 Å². The highest BCUT2D eigenvalue weighted by molar-refractivity contribution is 5.32. The van der Waals surface area contributed by atoms with Gasteiger partial charge in [-0.2, -0.15) is 0 Å². The molecule has 2 rings (SSSR count).